The Kier molecular flexibility index (Phi) is 1.62. The summed E-state index contributed by atoms with van der Waals surface area (Å²) in [5, 5.41) is 0. The van der Waals surface area contributed by atoms with Gasteiger partial charge in [-0.1, -0.05) is 0 Å². The van der Waals surface area contributed by atoms with Crippen LogP contribution in [0, 0.1) is 0 Å². The number of hydrogen-bond donors (Lipinski definition) is 0. The molecular weight excluding hydrogens is 309 g/mol. The first-order valence-electron chi connectivity index (χ1n) is 2.94. The fourth-order valence-electron chi connectivity index (χ4n) is 0.481. The van der Waals surface area contributed by atoms with E-state index in [1.54, 1.807) is 6.92 Å². The van der Waals surface area contributed by atoms with E-state index in [1.807, 2.05) is 0 Å². The Bertz CT molecular complexity index is 435. The van der Waals surface area contributed by atoms with Gasteiger partial charge in [0.15, 0.2) is 0 Å². The quantitative estimate of drug-likeness (QED) is 0.779. The summed E-state index contributed by atoms with van der Waals surface area (Å²) in [4.78, 5) is 0. The van der Waals surface area contributed by atoms with Gasteiger partial charge in [0, 0.05) is 0 Å². The summed E-state index contributed by atoms with van der Waals surface area (Å²) in [6, 6.07) is 0. The minimum absolute atomic E-state index is 0.136. The fraction of sp³-hybridized carbons (Fsp3) is 1.00. The Morgan fingerprint density at radius 3 is 1.50 bits per heavy atom. The average molecular weight is 318 g/mol. The van der Waals surface area contributed by atoms with E-state index in [1.165, 1.54) is 0 Å². The van der Waals surface area contributed by atoms with E-state index in [2.05, 4.69) is 0 Å². The van der Waals surface area contributed by atoms with Crippen LogP contribution in [0.15, 0.2) is 0 Å². The third-order valence-electron chi connectivity index (χ3n) is 0.968. The number of rotatable bonds is 3. The van der Waals surface area contributed by atoms with Gasteiger partial charge in [0.2, 0.25) is 0 Å². The molecular formula is C4H9O5Ta. The van der Waals surface area contributed by atoms with Crippen molar-refractivity contribution in [3.63, 3.8) is 0 Å². The minimum atomic E-state index is -8.76. The van der Waals surface area contributed by atoms with Crippen molar-refractivity contribution in [2.24, 2.45) is 0 Å². The molecule has 0 aliphatic heterocycles. The van der Waals surface area contributed by atoms with Gasteiger partial charge in [0.05, 0.1) is 0 Å². The second-order valence-corrected chi connectivity index (χ2v) is 14.1. The third-order valence-corrected chi connectivity index (χ3v) is 5.38. The van der Waals surface area contributed by atoms with Gasteiger partial charge in [0.1, 0.15) is 0 Å². The van der Waals surface area contributed by atoms with Crippen molar-refractivity contribution < 1.29 is 30.6 Å². The Morgan fingerprint density at radius 1 is 1.00 bits per heavy atom. The van der Waals surface area contributed by atoms with Gasteiger partial charge in [-0.15, -0.1) is 0 Å². The van der Waals surface area contributed by atoms with Crippen LogP contribution in [0.5, 0.6) is 0 Å². The molecule has 0 rings (SSSR count). The molecule has 0 aromatic rings. The molecule has 60 valence electrons. The summed E-state index contributed by atoms with van der Waals surface area (Å²) >= 11 is -8.76. The van der Waals surface area contributed by atoms with Crippen molar-refractivity contribution in [2.75, 3.05) is 0 Å². The van der Waals surface area contributed by atoms with Gasteiger partial charge in [-0.2, -0.15) is 0 Å². The molecule has 0 atom stereocenters. The molecule has 0 unspecified atom stereocenters. The third kappa shape index (κ3) is 7.74. The SMILES string of the molecule is CCC[CH2][Ta](=[O])(=[O])(=[O])(=[O])=[O]. The van der Waals surface area contributed by atoms with Crippen molar-refractivity contribution >= 4 is 0 Å². The molecule has 0 spiro atoms. The van der Waals surface area contributed by atoms with Crippen LogP contribution in [-0.4, -0.2) is 0 Å². The fourth-order valence-corrected chi connectivity index (χ4v) is 3.94. The molecule has 0 saturated heterocycles. The van der Waals surface area contributed by atoms with E-state index in [-0.39, 0.29) is 6.42 Å². The molecule has 0 bridgehead atoms. The number of unbranched alkanes of at least 4 members (excludes halogenated alkanes) is 1. The van der Waals surface area contributed by atoms with E-state index in [4.69, 9.17) is 0 Å². The van der Waals surface area contributed by atoms with Crippen LogP contribution in [0.25, 0.3) is 0 Å². The first kappa shape index (κ1) is 9.74. The van der Waals surface area contributed by atoms with Gasteiger partial charge in [-0.05, 0) is 0 Å². The van der Waals surface area contributed by atoms with Gasteiger partial charge >= 0.3 is 55.0 Å². The molecule has 6 heteroatoms. The van der Waals surface area contributed by atoms with Crippen molar-refractivity contribution in [1.82, 2.24) is 0 Å². The molecule has 0 radical (unpaired) electrons. The summed E-state index contributed by atoms with van der Waals surface area (Å²) in [5.41, 5.74) is 0. The molecule has 0 saturated carbocycles. The maximum atomic E-state index is 10.00. The summed E-state index contributed by atoms with van der Waals surface area (Å²) in [6.07, 6.45) is 0.216. The van der Waals surface area contributed by atoms with Gasteiger partial charge in [-0.25, -0.2) is 0 Å². The topological polar surface area (TPSA) is 85.3 Å². The maximum absolute atomic E-state index is 10.00. The van der Waals surface area contributed by atoms with Crippen LogP contribution >= 0.6 is 0 Å². The summed E-state index contributed by atoms with van der Waals surface area (Å²) in [6.45, 7) is 1.59. The van der Waals surface area contributed by atoms with E-state index >= 15 is 0 Å². The molecule has 5 nitrogen and oxygen atoms in total. The zero-order chi connectivity index (χ0) is 8.53. The molecule has 0 aliphatic rings. The van der Waals surface area contributed by atoms with Crippen LogP contribution in [0.3, 0.4) is 0 Å². The van der Waals surface area contributed by atoms with Crippen LogP contribution in [0.4, 0.5) is 0 Å². The van der Waals surface area contributed by atoms with Gasteiger partial charge in [-0.3, -0.25) is 0 Å². The molecule has 0 heterocycles. The number of hydrogen-bond acceptors (Lipinski definition) is 5. The average Bonchev–Trinajstić information content (AvgIpc) is 1.55. The van der Waals surface area contributed by atoms with Crippen molar-refractivity contribution in [3.8, 4) is 0 Å². The van der Waals surface area contributed by atoms with E-state index in [0.29, 0.717) is 6.42 Å². The van der Waals surface area contributed by atoms with Crippen LogP contribution in [0.2, 0.25) is 4.64 Å². The normalized spacial score (nSPS) is 12.1. The van der Waals surface area contributed by atoms with Crippen LogP contribution in [0.1, 0.15) is 19.8 Å². The van der Waals surface area contributed by atoms with Gasteiger partial charge in [0.25, 0.3) is 0 Å². The summed E-state index contributed by atoms with van der Waals surface area (Å²) < 4.78 is 48.7. The molecule has 0 aromatic carbocycles. The van der Waals surface area contributed by atoms with Crippen LogP contribution in [-0.2, 0) is 30.6 Å². The molecule has 0 aromatic heterocycles. The second kappa shape index (κ2) is 1.66. The second-order valence-electron chi connectivity index (χ2n) is 2.47. The van der Waals surface area contributed by atoms with Crippen molar-refractivity contribution in [3.05, 3.63) is 0 Å². The van der Waals surface area contributed by atoms with E-state index in [9.17, 15) is 16.3 Å². The Morgan fingerprint density at radius 2 is 1.40 bits per heavy atom. The van der Waals surface area contributed by atoms with Crippen LogP contribution < -0.4 is 0 Å². The molecule has 0 N–H and O–H groups in total. The standard InChI is InChI=1S/C4H9.5O.Ta/c1-3-4-2;;;;;;/h1,3-4H2,2H3;;;;;;. The molecule has 0 amide bonds. The first-order valence-corrected chi connectivity index (χ1v) is 11.8. The van der Waals surface area contributed by atoms with Crippen molar-refractivity contribution in [1.29, 1.82) is 0 Å². The summed E-state index contributed by atoms with van der Waals surface area (Å²) in [7, 11) is 0. The van der Waals surface area contributed by atoms with Crippen molar-refractivity contribution in [2.45, 2.75) is 24.4 Å². The molecule has 0 aliphatic carbocycles. The molecule has 10 heavy (non-hydrogen) atoms. The monoisotopic (exact) mass is 318 g/mol. The molecule has 0 fully saturated rings. The predicted molar refractivity (Wildman–Crippen MR) is 23.1 cm³/mol. The van der Waals surface area contributed by atoms with E-state index < -0.39 is 19.0 Å². The zero-order valence-electron chi connectivity index (χ0n) is 5.61. The zero-order valence-corrected chi connectivity index (χ0v) is 8.82. The van der Waals surface area contributed by atoms with E-state index in [0.717, 1.165) is 0 Å². The Hall–Kier alpha value is -0.260. The summed E-state index contributed by atoms with van der Waals surface area (Å²) in [5.74, 6) is 0. The first-order chi connectivity index (χ1) is 4.04. The Labute approximate surface area is 55.4 Å². The Balaban J connectivity index is 5.09. The predicted octanol–water partition coefficient (Wildman–Crippen LogP) is 1.16. The van der Waals surface area contributed by atoms with Gasteiger partial charge < -0.3 is 0 Å².